The van der Waals surface area contributed by atoms with Gasteiger partial charge in [0.2, 0.25) is 5.91 Å². The third-order valence-corrected chi connectivity index (χ3v) is 6.18. The second-order valence-electron chi connectivity index (χ2n) is 7.89. The molecule has 0 atom stereocenters. The van der Waals surface area contributed by atoms with Crippen LogP contribution in [0.5, 0.6) is 0 Å². The number of pyridine rings is 1. The summed E-state index contributed by atoms with van der Waals surface area (Å²) in [4.78, 5) is 36.3. The summed E-state index contributed by atoms with van der Waals surface area (Å²) < 4.78 is 42.2. The Morgan fingerprint density at radius 2 is 2.06 bits per heavy atom. The number of hydrogen-bond acceptors (Lipinski definition) is 5. The lowest BCUT2D eigenvalue weighted by atomic mass is 10.0. The summed E-state index contributed by atoms with van der Waals surface area (Å²) in [6.07, 6.45) is -1.21. The molecule has 0 radical (unpaired) electrons. The number of thiazole rings is 1. The number of carbonyl (C=O) groups is 2. The summed E-state index contributed by atoms with van der Waals surface area (Å²) in [7, 11) is 0. The van der Waals surface area contributed by atoms with Crippen LogP contribution in [0.2, 0.25) is 5.15 Å². The van der Waals surface area contributed by atoms with E-state index in [1.54, 1.807) is 11.6 Å². The van der Waals surface area contributed by atoms with E-state index < -0.39 is 23.3 Å². The molecule has 1 fully saturated rings. The molecule has 3 aromatic rings. The number of carbonyl (C=O) groups excluding carboxylic acids is 2. The lowest BCUT2D eigenvalue weighted by molar-refractivity contribution is -0.136. The SMILES string of the molecule is CC(C)Cc1cc(C(F)(F)F)c2nc(C(=O)N3CCN(c4nccs4)C(=O)C3)c(Cl)n2c1. The standard InChI is InChI=1S/C20H19ClF3N5O2S/c1-11(2)7-12-8-13(20(22,23)24)17-26-15(16(21)29(17)9-12)18(31)27-4-5-28(14(30)10-27)19-25-3-6-32-19/h3,6,8-9,11H,4-5,7,10H2,1-2H3. The third-order valence-electron chi connectivity index (χ3n) is 5.03. The van der Waals surface area contributed by atoms with Crippen molar-refractivity contribution in [2.45, 2.75) is 26.4 Å². The van der Waals surface area contributed by atoms with Crippen LogP contribution in [0.3, 0.4) is 0 Å². The number of fused-ring (bicyclic) bond motifs is 1. The molecule has 1 aliphatic heterocycles. The van der Waals surface area contributed by atoms with Gasteiger partial charge in [0.15, 0.2) is 16.5 Å². The van der Waals surface area contributed by atoms with Crippen molar-refractivity contribution in [2.24, 2.45) is 5.92 Å². The molecule has 0 N–H and O–H groups in total. The van der Waals surface area contributed by atoms with Crippen molar-refractivity contribution in [3.63, 3.8) is 0 Å². The molecule has 1 saturated heterocycles. The van der Waals surface area contributed by atoms with Crippen molar-refractivity contribution in [1.82, 2.24) is 19.3 Å². The van der Waals surface area contributed by atoms with Gasteiger partial charge in [-0.3, -0.25) is 18.9 Å². The molecular formula is C20H19ClF3N5O2S. The van der Waals surface area contributed by atoms with E-state index in [4.69, 9.17) is 11.6 Å². The van der Waals surface area contributed by atoms with Crippen molar-refractivity contribution < 1.29 is 22.8 Å². The summed E-state index contributed by atoms with van der Waals surface area (Å²) in [5.74, 6) is -0.906. The van der Waals surface area contributed by atoms with E-state index in [2.05, 4.69) is 9.97 Å². The number of piperazine rings is 1. The van der Waals surface area contributed by atoms with Crippen LogP contribution in [0, 0.1) is 5.92 Å². The Morgan fingerprint density at radius 1 is 1.31 bits per heavy atom. The first-order valence-electron chi connectivity index (χ1n) is 9.83. The molecular weight excluding hydrogens is 467 g/mol. The maximum Gasteiger partial charge on any atom is 0.419 e. The molecule has 0 spiro atoms. The first-order valence-corrected chi connectivity index (χ1v) is 11.1. The summed E-state index contributed by atoms with van der Waals surface area (Å²) >= 11 is 7.63. The van der Waals surface area contributed by atoms with Crippen LogP contribution in [0.1, 0.15) is 35.5 Å². The van der Waals surface area contributed by atoms with E-state index >= 15 is 0 Å². The van der Waals surface area contributed by atoms with Gasteiger partial charge in [-0.1, -0.05) is 25.4 Å². The average Bonchev–Trinajstić information content (AvgIpc) is 3.34. The zero-order chi connectivity index (χ0) is 23.2. The van der Waals surface area contributed by atoms with E-state index in [0.29, 0.717) is 17.1 Å². The van der Waals surface area contributed by atoms with E-state index in [9.17, 15) is 22.8 Å². The minimum Gasteiger partial charge on any atom is -0.326 e. The topological polar surface area (TPSA) is 70.8 Å². The number of imidazole rings is 1. The minimum absolute atomic E-state index is 0.122. The van der Waals surface area contributed by atoms with Crippen LogP contribution < -0.4 is 4.90 Å². The number of anilines is 1. The van der Waals surface area contributed by atoms with Gasteiger partial charge in [0.25, 0.3) is 5.91 Å². The number of hydrogen-bond donors (Lipinski definition) is 0. The predicted molar refractivity (Wildman–Crippen MR) is 114 cm³/mol. The zero-order valence-corrected chi connectivity index (χ0v) is 18.8. The highest BCUT2D eigenvalue weighted by molar-refractivity contribution is 7.13. The molecule has 170 valence electrons. The molecule has 0 aromatic carbocycles. The van der Waals surface area contributed by atoms with E-state index in [0.717, 1.165) is 10.5 Å². The second kappa shape index (κ2) is 8.36. The van der Waals surface area contributed by atoms with Gasteiger partial charge in [0, 0.05) is 30.9 Å². The van der Waals surface area contributed by atoms with Crippen LogP contribution >= 0.6 is 22.9 Å². The van der Waals surface area contributed by atoms with E-state index in [1.807, 2.05) is 13.8 Å². The summed E-state index contributed by atoms with van der Waals surface area (Å²) in [5.41, 5.74) is -1.27. The number of amides is 2. The molecule has 7 nitrogen and oxygen atoms in total. The highest BCUT2D eigenvalue weighted by Crippen LogP contribution is 2.35. The van der Waals surface area contributed by atoms with Gasteiger partial charge in [-0.25, -0.2) is 9.97 Å². The Hall–Kier alpha value is -2.66. The fourth-order valence-electron chi connectivity index (χ4n) is 3.65. The Balaban J connectivity index is 1.68. The summed E-state index contributed by atoms with van der Waals surface area (Å²) in [6, 6.07) is 1.04. The number of nitrogens with zero attached hydrogens (tertiary/aromatic N) is 5. The molecule has 3 aromatic heterocycles. The molecule has 4 heterocycles. The molecule has 0 unspecified atom stereocenters. The fourth-order valence-corrected chi connectivity index (χ4v) is 4.59. The molecule has 1 aliphatic rings. The lowest BCUT2D eigenvalue weighted by Crippen LogP contribution is -2.52. The highest BCUT2D eigenvalue weighted by Gasteiger charge is 2.37. The summed E-state index contributed by atoms with van der Waals surface area (Å²) in [5, 5.41) is 2.05. The quantitative estimate of drug-likeness (QED) is 0.556. The average molecular weight is 486 g/mol. The maximum atomic E-state index is 13.7. The lowest BCUT2D eigenvalue weighted by Gasteiger charge is -2.32. The van der Waals surface area contributed by atoms with Gasteiger partial charge in [-0.05, 0) is 24.0 Å². The zero-order valence-electron chi connectivity index (χ0n) is 17.2. The van der Waals surface area contributed by atoms with Gasteiger partial charge in [0.1, 0.15) is 11.7 Å². The largest absolute Gasteiger partial charge is 0.419 e. The Morgan fingerprint density at radius 3 is 2.66 bits per heavy atom. The Bertz CT molecular complexity index is 1180. The number of alkyl halides is 3. The van der Waals surface area contributed by atoms with E-state index in [-0.39, 0.29) is 42.3 Å². The van der Waals surface area contributed by atoms with Crippen molar-refractivity contribution in [1.29, 1.82) is 0 Å². The first-order chi connectivity index (χ1) is 15.1. The highest BCUT2D eigenvalue weighted by atomic mass is 35.5. The van der Waals surface area contributed by atoms with Gasteiger partial charge >= 0.3 is 6.18 Å². The molecule has 0 aliphatic carbocycles. The number of rotatable bonds is 4. The number of aromatic nitrogens is 3. The van der Waals surface area contributed by atoms with Crippen LogP contribution in [0.15, 0.2) is 23.8 Å². The van der Waals surface area contributed by atoms with Gasteiger partial charge in [0.05, 0.1) is 5.56 Å². The Kier molecular flexibility index (Phi) is 5.89. The van der Waals surface area contributed by atoms with Crippen LogP contribution in [0.25, 0.3) is 5.65 Å². The van der Waals surface area contributed by atoms with Crippen LogP contribution in [0.4, 0.5) is 18.3 Å². The van der Waals surface area contributed by atoms with Crippen molar-refractivity contribution >= 4 is 45.5 Å². The monoisotopic (exact) mass is 485 g/mol. The fraction of sp³-hybridized carbons (Fsp3) is 0.400. The maximum absolute atomic E-state index is 13.7. The third kappa shape index (κ3) is 4.18. The van der Waals surface area contributed by atoms with Crippen molar-refractivity contribution in [2.75, 3.05) is 24.5 Å². The van der Waals surface area contributed by atoms with Crippen LogP contribution in [-0.4, -0.2) is 50.7 Å². The predicted octanol–water partition coefficient (Wildman–Crippen LogP) is 4.15. The van der Waals surface area contributed by atoms with Crippen LogP contribution in [-0.2, 0) is 17.4 Å². The number of halogens is 4. The second-order valence-corrected chi connectivity index (χ2v) is 9.12. The molecule has 12 heteroatoms. The molecule has 32 heavy (non-hydrogen) atoms. The first kappa shape index (κ1) is 22.5. The molecule has 0 bridgehead atoms. The molecule has 0 saturated carbocycles. The van der Waals surface area contributed by atoms with Crippen molar-refractivity contribution in [3.8, 4) is 0 Å². The van der Waals surface area contributed by atoms with Crippen molar-refractivity contribution in [3.05, 3.63) is 45.8 Å². The van der Waals surface area contributed by atoms with Gasteiger partial charge < -0.3 is 4.90 Å². The molecule has 2 amide bonds. The summed E-state index contributed by atoms with van der Waals surface area (Å²) in [6.45, 7) is 3.94. The normalized spacial score (nSPS) is 15.3. The minimum atomic E-state index is -4.67. The van der Waals surface area contributed by atoms with Gasteiger partial charge in [-0.15, -0.1) is 11.3 Å². The van der Waals surface area contributed by atoms with Gasteiger partial charge in [-0.2, -0.15) is 13.2 Å². The smallest absolute Gasteiger partial charge is 0.326 e. The van der Waals surface area contributed by atoms with E-state index in [1.165, 1.54) is 27.3 Å². The Labute approximate surface area is 190 Å². The molecule has 4 rings (SSSR count).